The van der Waals surface area contributed by atoms with Gasteiger partial charge in [0.1, 0.15) is 12.7 Å². The van der Waals surface area contributed by atoms with Crippen LogP contribution in [-0.4, -0.2) is 77.0 Å². The summed E-state index contributed by atoms with van der Waals surface area (Å²) in [6.07, 6.45) is 1.52. The van der Waals surface area contributed by atoms with Gasteiger partial charge in [-0.15, -0.1) is 0 Å². The Morgan fingerprint density at radius 3 is 2.21 bits per heavy atom. The molecule has 1 aliphatic heterocycles. The van der Waals surface area contributed by atoms with E-state index >= 15 is 0 Å². The van der Waals surface area contributed by atoms with E-state index < -0.39 is 6.10 Å². The molecule has 0 bridgehead atoms. The lowest BCUT2D eigenvalue weighted by Crippen LogP contribution is -2.39. The third-order valence-electron chi connectivity index (χ3n) is 5.59. The van der Waals surface area contributed by atoms with Crippen molar-refractivity contribution in [1.29, 1.82) is 0 Å². The minimum atomic E-state index is -0.696. The van der Waals surface area contributed by atoms with Crippen molar-refractivity contribution in [3.63, 3.8) is 0 Å². The van der Waals surface area contributed by atoms with Crippen LogP contribution in [-0.2, 0) is 11.3 Å². The first-order valence-electron chi connectivity index (χ1n) is 11.1. The molecule has 8 heteroatoms. The van der Waals surface area contributed by atoms with Crippen LogP contribution in [0.1, 0.15) is 18.4 Å². The quantitative estimate of drug-likeness (QED) is 0.488. The zero-order valence-electron chi connectivity index (χ0n) is 19.9. The molecule has 8 nitrogen and oxygen atoms in total. The molecule has 2 aromatic rings. The Morgan fingerprint density at radius 2 is 1.64 bits per heavy atom. The first-order chi connectivity index (χ1) is 16.1. The third-order valence-corrected chi connectivity index (χ3v) is 5.59. The Bertz CT molecular complexity index is 845. The van der Waals surface area contributed by atoms with Crippen molar-refractivity contribution in [2.45, 2.75) is 31.6 Å². The largest absolute Gasteiger partial charge is 0.493 e. The Hall–Kier alpha value is -2.68. The molecule has 2 aromatic carbocycles. The van der Waals surface area contributed by atoms with Gasteiger partial charge in [-0.3, -0.25) is 4.90 Å². The van der Waals surface area contributed by atoms with Gasteiger partial charge < -0.3 is 33.5 Å². The number of hydrogen-bond donors (Lipinski definition) is 1. The molecule has 182 valence electrons. The first kappa shape index (κ1) is 25.0. The fourth-order valence-electron chi connectivity index (χ4n) is 4.04. The van der Waals surface area contributed by atoms with Crippen LogP contribution in [0, 0.1) is 0 Å². The van der Waals surface area contributed by atoms with Gasteiger partial charge in [0.05, 0.1) is 34.5 Å². The van der Waals surface area contributed by atoms with E-state index in [1.54, 1.807) is 28.4 Å². The molecular weight excluding hydrogens is 426 g/mol. The fourth-order valence-corrected chi connectivity index (χ4v) is 4.04. The number of methoxy groups -OCH3 is 4. The molecule has 1 heterocycles. The van der Waals surface area contributed by atoms with Crippen LogP contribution in [0.15, 0.2) is 36.4 Å². The molecule has 1 saturated heterocycles. The molecule has 2 unspecified atom stereocenters. The maximum atomic E-state index is 10.8. The molecule has 0 saturated carbocycles. The Kier molecular flexibility index (Phi) is 9.47. The summed E-state index contributed by atoms with van der Waals surface area (Å²) in [6.45, 7) is 2.65. The number of nitrogens with zero attached hydrogens (tertiary/aromatic N) is 1. The van der Waals surface area contributed by atoms with Gasteiger partial charge >= 0.3 is 0 Å². The number of aliphatic hydroxyl groups is 1. The van der Waals surface area contributed by atoms with Gasteiger partial charge in [-0.1, -0.05) is 12.1 Å². The minimum absolute atomic E-state index is 0.148. The summed E-state index contributed by atoms with van der Waals surface area (Å²) < 4.78 is 33.4. The predicted octanol–water partition coefficient (Wildman–Crippen LogP) is 3.14. The molecule has 0 spiro atoms. The molecule has 33 heavy (non-hydrogen) atoms. The number of rotatable bonds is 13. The van der Waals surface area contributed by atoms with Crippen LogP contribution >= 0.6 is 0 Å². The average Bonchev–Trinajstić information content (AvgIpc) is 3.35. The molecule has 1 fully saturated rings. The zero-order chi connectivity index (χ0) is 23.6. The van der Waals surface area contributed by atoms with Gasteiger partial charge in [-0.2, -0.15) is 0 Å². The summed E-state index contributed by atoms with van der Waals surface area (Å²) in [5.74, 6) is 3.00. The first-order valence-corrected chi connectivity index (χ1v) is 11.1. The van der Waals surface area contributed by atoms with E-state index in [-0.39, 0.29) is 12.7 Å². The van der Waals surface area contributed by atoms with Crippen molar-refractivity contribution in [3.8, 4) is 28.7 Å². The van der Waals surface area contributed by atoms with Crippen LogP contribution in [0.5, 0.6) is 28.7 Å². The van der Waals surface area contributed by atoms with E-state index in [1.807, 2.05) is 36.4 Å². The van der Waals surface area contributed by atoms with Gasteiger partial charge in [0, 0.05) is 26.2 Å². The molecule has 2 atom stereocenters. The van der Waals surface area contributed by atoms with Crippen LogP contribution in [0.3, 0.4) is 0 Å². The molecule has 0 aliphatic carbocycles. The second kappa shape index (κ2) is 12.5. The summed E-state index contributed by atoms with van der Waals surface area (Å²) in [7, 11) is 6.38. The van der Waals surface area contributed by atoms with Gasteiger partial charge in [-0.05, 0) is 42.7 Å². The topological polar surface area (TPSA) is 78.9 Å². The second-order valence-corrected chi connectivity index (χ2v) is 7.98. The molecule has 0 amide bonds. The fraction of sp³-hybridized carbons (Fsp3) is 0.520. The van der Waals surface area contributed by atoms with E-state index in [1.165, 1.54) is 0 Å². The number of para-hydroxylation sites is 2. The van der Waals surface area contributed by atoms with Crippen LogP contribution in [0.2, 0.25) is 0 Å². The lowest BCUT2D eigenvalue weighted by molar-refractivity contribution is 0.0309. The third kappa shape index (κ3) is 6.90. The summed E-state index contributed by atoms with van der Waals surface area (Å²) in [6, 6.07) is 11.3. The highest BCUT2D eigenvalue weighted by Gasteiger charge is 2.23. The van der Waals surface area contributed by atoms with Gasteiger partial charge in [-0.25, -0.2) is 0 Å². The van der Waals surface area contributed by atoms with E-state index in [0.29, 0.717) is 48.4 Å². The average molecular weight is 462 g/mol. The molecule has 0 radical (unpaired) electrons. The predicted molar refractivity (Wildman–Crippen MR) is 125 cm³/mol. The van der Waals surface area contributed by atoms with Crippen LogP contribution in [0.25, 0.3) is 0 Å². The molecule has 1 N–H and O–H groups in total. The van der Waals surface area contributed by atoms with E-state index in [4.69, 9.17) is 28.4 Å². The van der Waals surface area contributed by atoms with Crippen molar-refractivity contribution in [1.82, 2.24) is 4.90 Å². The van der Waals surface area contributed by atoms with E-state index in [9.17, 15) is 5.11 Å². The summed E-state index contributed by atoms with van der Waals surface area (Å²) >= 11 is 0. The van der Waals surface area contributed by atoms with Gasteiger partial charge in [0.15, 0.2) is 23.0 Å². The Balaban J connectivity index is 1.70. The highest BCUT2D eigenvalue weighted by atomic mass is 16.5. The summed E-state index contributed by atoms with van der Waals surface area (Å²) in [5, 5.41) is 10.8. The molecule has 0 aromatic heterocycles. The summed E-state index contributed by atoms with van der Waals surface area (Å²) in [4.78, 5) is 2.17. The lowest BCUT2D eigenvalue weighted by atomic mass is 10.1. The smallest absolute Gasteiger partial charge is 0.203 e. The number of ether oxygens (including phenoxy) is 6. The van der Waals surface area contributed by atoms with Crippen molar-refractivity contribution in [2.24, 2.45) is 0 Å². The minimum Gasteiger partial charge on any atom is -0.493 e. The Labute approximate surface area is 195 Å². The van der Waals surface area contributed by atoms with E-state index in [2.05, 4.69) is 4.90 Å². The van der Waals surface area contributed by atoms with Crippen molar-refractivity contribution < 1.29 is 33.5 Å². The Morgan fingerprint density at radius 1 is 0.970 bits per heavy atom. The van der Waals surface area contributed by atoms with Gasteiger partial charge in [0.25, 0.3) is 0 Å². The number of benzene rings is 2. The number of aliphatic hydroxyl groups excluding tert-OH is 1. The number of hydrogen-bond acceptors (Lipinski definition) is 8. The summed E-state index contributed by atoms with van der Waals surface area (Å²) in [5.41, 5.74) is 0.986. The maximum Gasteiger partial charge on any atom is 0.203 e. The monoisotopic (exact) mass is 461 g/mol. The molecule has 3 rings (SSSR count). The van der Waals surface area contributed by atoms with E-state index in [0.717, 1.165) is 25.0 Å². The maximum absolute atomic E-state index is 10.8. The highest BCUT2D eigenvalue weighted by Crippen LogP contribution is 2.38. The SMILES string of the molecule is COc1ccccc1OCC(O)CN(Cc1cc(OC)c(OC)c(OC)c1)CC1CCCO1. The van der Waals surface area contributed by atoms with Crippen molar-refractivity contribution in [2.75, 3.05) is 54.7 Å². The van der Waals surface area contributed by atoms with Crippen LogP contribution in [0.4, 0.5) is 0 Å². The highest BCUT2D eigenvalue weighted by molar-refractivity contribution is 5.53. The normalized spacial score (nSPS) is 16.5. The molecule has 1 aliphatic rings. The second-order valence-electron chi connectivity index (χ2n) is 7.98. The zero-order valence-corrected chi connectivity index (χ0v) is 19.9. The van der Waals surface area contributed by atoms with Gasteiger partial charge in [0.2, 0.25) is 5.75 Å². The standard InChI is InChI=1S/C25H35NO7/c1-28-21-9-5-6-10-22(21)33-17-19(27)15-26(16-20-8-7-11-32-20)14-18-12-23(29-2)25(31-4)24(13-18)30-3/h5-6,9-10,12-13,19-20,27H,7-8,11,14-17H2,1-4H3. The van der Waals surface area contributed by atoms with Crippen molar-refractivity contribution in [3.05, 3.63) is 42.0 Å². The lowest BCUT2D eigenvalue weighted by Gasteiger charge is -2.28. The van der Waals surface area contributed by atoms with Crippen LogP contribution < -0.4 is 23.7 Å². The van der Waals surface area contributed by atoms with Crippen molar-refractivity contribution >= 4 is 0 Å². The molecular formula is C25H35NO7.